The fraction of sp³-hybridized carbons (Fsp3) is 0.949. The van der Waals surface area contributed by atoms with Crippen molar-refractivity contribution in [3.8, 4) is 0 Å². The van der Waals surface area contributed by atoms with Gasteiger partial charge in [0.15, 0.2) is 6.10 Å². The molecule has 0 aromatic carbocycles. The van der Waals surface area contributed by atoms with E-state index in [0.717, 1.165) is 63.7 Å². The van der Waals surface area contributed by atoms with Crippen LogP contribution in [0.5, 0.6) is 0 Å². The maximum absolute atomic E-state index is 12.8. The van der Waals surface area contributed by atoms with E-state index in [1.54, 1.807) is 0 Å². The lowest BCUT2D eigenvalue weighted by molar-refractivity contribution is -0.167. The molecule has 1 atom stereocenters. The lowest BCUT2D eigenvalue weighted by Crippen LogP contribution is -2.30. The number of rotatable bonds is 54. The lowest BCUT2D eigenvalue weighted by atomic mass is 10.0. The summed E-state index contributed by atoms with van der Waals surface area (Å²) in [6.07, 6.45) is 58.1. The standard InChI is InChI=1S/C59H114O6/c1-5-7-9-11-13-15-17-25-30-34-38-42-46-50-57(60)63-53-56(65-59(62)52-48-44-40-36-32-26-18-16-14-12-10-8-6-2)54-64-58(61)51-47-43-39-35-31-28-24-22-20-19-21-23-27-29-33-37-41-45-49-55(3)4/h55-56H,5-54H2,1-4H3/t56-/m1/s1. The molecule has 0 aromatic heterocycles. The summed E-state index contributed by atoms with van der Waals surface area (Å²) in [5, 5.41) is 0. The molecule has 0 aliphatic rings. The molecule has 0 aliphatic heterocycles. The molecule has 0 N–H and O–H groups in total. The minimum atomic E-state index is -0.761. The first-order valence-electron chi connectivity index (χ1n) is 29.4. The van der Waals surface area contributed by atoms with Crippen LogP contribution in [0, 0.1) is 5.92 Å². The molecule has 0 heterocycles. The Morgan fingerprint density at radius 3 is 0.754 bits per heavy atom. The summed E-state index contributed by atoms with van der Waals surface area (Å²) in [4.78, 5) is 38.1. The summed E-state index contributed by atoms with van der Waals surface area (Å²) in [7, 11) is 0. The van der Waals surface area contributed by atoms with E-state index in [4.69, 9.17) is 14.2 Å². The van der Waals surface area contributed by atoms with Crippen molar-refractivity contribution in [2.75, 3.05) is 13.2 Å². The molecule has 0 aliphatic carbocycles. The first-order chi connectivity index (χ1) is 31.9. The molecule has 0 unspecified atom stereocenters. The normalized spacial score (nSPS) is 12.0. The zero-order valence-electron chi connectivity index (χ0n) is 44.5. The lowest BCUT2D eigenvalue weighted by Gasteiger charge is -2.18. The van der Waals surface area contributed by atoms with Crippen molar-refractivity contribution >= 4 is 17.9 Å². The van der Waals surface area contributed by atoms with Gasteiger partial charge in [-0.2, -0.15) is 0 Å². The third kappa shape index (κ3) is 53.2. The number of ether oxygens (including phenoxy) is 3. The van der Waals surface area contributed by atoms with Gasteiger partial charge in [0.05, 0.1) is 0 Å². The Bertz CT molecular complexity index is 980. The molecule has 0 spiro atoms. The number of hydrogen-bond donors (Lipinski definition) is 0. The van der Waals surface area contributed by atoms with Crippen molar-refractivity contribution in [2.24, 2.45) is 5.92 Å². The summed E-state index contributed by atoms with van der Waals surface area (Å²) >= 11 is 0. The van der Waals surface area contributed by atoms with Crippen molar-refractivity contribution in [1.29, 1.82) is 0 Å². The highest BCUT2D eigenvalue weighted by Crippen LogP contribution is 2.18. The minimum Gasteiger partial charge on any atom is -0.462 e. The molecule has 386 valence electrons. The topological polar surface area (TPSA) is 78.9 Å². The van der Waals surface area contributed by atoms with Crippen LogP contribution in [0.3, 0.4) is 0 Å². The van der Waals surface area contributed by atoms with Crippen LogP contribution in [-0.4, -0.2) is 37.2 Å². The van der Waals surface area contributed by atoms with Gasteiger partial charge in [-0.25, -0.2) is 0 Å². The van der Waals surface area contributed by atoms with Crippen LogP contribution in [0.4, 0.5) is 0 Å². The number of unbranched alkanes of at least 4 members (excludes halogenated alkanes) is 41. The summed E-state index contributed by atoms with van der Waals surface area (Å²) < 4.78 is 16.9. The van der Waals surface area contributed by atoms with Gasteiger partial charge in [-0.1, -0.05) is 297 Å². The second-order valence-corrected chi connectivity index (χ2v) is 20.8. The SMILES string of the molecule is CCCCCCCCCCCCCCCC(=O)OC[C@H](COC(=O)CCCCCCCCCCCCCCCCCCCCC(C)C)OC(=O)CCCCCCCCCCCCCCC. The van der Waals surface area contributed by atoms with Crippen molar-refractivity contribution in [3.63, 3.8) is 0 Å². The van der Waals surface area contributed by atoms with Crippen molar-refractivity contribution in [3.05, 3.63) is 0 Å². The van der Waals surface area contributed by atoms with Gasteiger partial charge in [-0.15, -0.1) is 0 Å². The molecular formula is C59H114O6. The largest absolute Gasteiger partial charge is 0.462 e. The van der Waals surface area contributed by atoms with Crippen molar-refractivity contribution < 1.29 is 28.6 Å². The Morgan fingerprint density at radius 2 is 0.508 bits per heavy atom. The van der Waals surface area contributed by atoms with E-state index < -0.39 is 6.10 Å². The van der Waals surface area contributed by atoms with E-state index in [-0.39, 0.29) is 31.1 Å². The second-order valence-electron chi connectivity index (χ2n) is 20.8. The van der Waals surface area contributed by atoms with Gasteiger partial charge in [0.2, 0.25) is 0 Å². The maximum atomic E-state index is 12.8. The Hall–Kier alpha value is -1.59. The monoisotopic (exact) mass is 919 g/mol. The number of hydrogen-bond acceptors (Lipinski definition) is 6. The molecule has 65 heavy (non-hydrogen) atoms. The average molecular weight is 920 g/mol. The van der Waals surface area contributed by atoms with E-state index in [0.29, 0.717) is 19.3 Å². The van der Waals surface area contributed by atoms with Gasteiger partial charge in [-0.3, -0.25) is 14.4 Å². The van der Waals surface area contributed by atoms with Crippen LogP contribution >= 0.6 is 0 Å². The van der Waals surface area contributed by atoms with E-state index >= 15 is 0 Å². The van der Waals surface area contributed by atoms with Crippen LogP contribution in [0.15, 0.2) is 0 Å². The number of esters is 3. The molecule has 6 heteroatoms. The number of carbonyl (C=O) groups is 3. The quantitative estimate of drug-likeness (QED) is 0.0344. The molecule has 0 saturated carbocycles. The van der Waals surface area contributed by atoms with E-state index in [9.17, 15) is 14.4 Å². The van der Waals surface area contributed by atoms with E-state index in [2.05, 4.69) is 27.7 Å². The maximum Gasteiger partial charge on any atom is 0.306 e. The Labute approximate surface area is 406 Å². The average Bonchev–Trinajstić information content (AvgIpc) is 3.29. The van der Waals surface area contributed by atoms with Gasteiger partial charge >= 0.3 is 17.9 Å². The Morgan fingerprint density at radius 1 is 0.292 bits per heavy atom. The molecule has 0 rings (SSSR count). The summed E-state index contributed by atoms with van der Waals surface area (Å²) in [5.41, 5.74) is 0. The smallest absolute Gasteiger partial charge is 0.306 e. The minimum absolute atomic E-state index is 0.0616. The fourth-order valence-electron chi connectivity index (χ4n) is 9.10. The molecule has 0 fully saturated rings. The molecule has 0 amide bonds. The molecule has 0 radical (unpaired) electrons. The molecule has 0 aromatic rings. The van der Waals surface area contributed by atoms with Gasteiger partial charge in [0.1, 0.15) is 13.2 Å². The van der Waals surface area contributed by atoms with Crippen LogP contribution in [-0.2, 0) is 28.6 Å². The zero-order valence-corrected chi connectivity index (χ0v) is 44.5. The molecule has 6 nitrogen and oxygen atoms in total. The predicted molar refractivity (Wildman–Crippen MR) is 280 cm³/mol. The summed E-state index contributed by atoms with van der Waals surface area (Å²) in [5.74, 6) is 0.0248. The Kier molecular flexibility index (Phi) is 52.1. The molecule has 0 saturated heterocycles. The molecular weight excluding hydrogens is 805 g/mol. The fourth-order valence-corrected chi connectivity index (χ4v) is 9.10. The molecule has 0 bridgehead atoms. The van der Waals surface area contributed by atoms with Gasteiger partial charge in [-0.05, 0) is 25.2 Å². The highest BCUT2D eigenvalue weighted by Gasteiger charge is 2.19. The number of carbonyl (C=O) groups excluding carboxylic acids is 3. The highest BCUT2D eigenvalue weighted by atomic mass is 16.6. The first-order valence-corrected chi connectivity index (χ1v) is 29.4. The van der Waals surface area contributed by atoms with Gasteiger partial charge in [0.25, 0.3) is 0 Å². The van der Waals surface area contributed by atoms with Crippen LogP contribution < -0.4 is 0 Å². The Balaban J connectivity index is 4.22. The van der Waals surface area contributed by atoms with E-state index in [1.165, 1.54) is 231 Å². The third-order valence-corrected chi connectivity index (χ3v) is 13.5. The zero-order chi connectivity index (χ0) is 47.4. The van der Waals surface area contributed by atoms with E-state index in [1.807, 2.05) is 0 Å². The summed E-state index contributed by atoms with van der Waals surface area (Å²) in [6, 6.07) is 0. The predicted octanol–water partition coefficient (Wildman–Crippen LogP) is 19.4. The first kappa shape index (κ1) is 63.4. The third-order valence-electron chi connectivity index (χ3n) is 13.5. The second kappa shape index (κ2) is 53.4. The summed E-state index contributed by atoms with van der Waals surface area (Å²) in [6.45, 7) is 9.07. The van der Waals surface area contributed by atoms with Crippen LogP contribution in [0.25, 0.3) is 0 Å². The highest BCUT2D eigenvalue weighted by molar-refractivity contribution is 5.71. The van der Waals surface area contributed by atoms with Crippen molar-refractivity contribution in [1.82, 2.24) is 0 Å². The van der Waals surface area contributed by atoms with Crippen LogP contribution in [0.2, 0.25) is 0 Å². The van der Waals surface area contributed by atoms with Crippen molar-refractivity contribution in [2.45, 2.75) is 342 Å². The van der Waals surface area contributed by atoms with Crippen LogP contribution in [0.1, 0.15) is 336 Å². The van der Waals surface area contributed by atoms with Gasteiger partial charge in [0, 0.05) is 19.3 Å². The van der Waals surface area contributed by atoms with Gasteiger partial charge < -0.3 is 14.2 Å².